The van der Waals surface area contributed by atoms with Gasteiger partial charge in [-0.15, -0.1) is 0 Å². The molecule has 1 spiro atoms. The van der Waals surface area contributed by atoms with Crippen molar-refractivity contribution < 1.29 is 4.42 Å². The van der Waals surface area contributed by atoms with Crippen LogP contribution in [0.4, 0.5) is 34.1 Å². The Balaban J connectivity index is 0.975. The van der Waals surface area contributed by atoms with Crippen LogP contribution in [0, 0.1) is 0 Å². The first-order valence-electron chi connectivity index (χ1n) is 26.2. The van der Waals surface area contributed by atoms with Gasteiger partial charge in [0.15, 0.2) is 0 Å². The molecule has 0 N–H and O–H groups in total. The van der Waals surface area contributed by atoms with E-state index in [1.165, 1.54) is 88.8 Å². The van der Waals surface area contributed by atoms with Crippen LogP contribution in [0.2, 0.25) is 0 Å². The maximum absolute atomic E-state index is 6.64. The predicted molar refractivity (Wildman–Crippen MR) is 315 cm³/mol. The molecule has 3 nitrogen and oxygen atoms in total. The van der Waals surface area contributed by atoms with E-state index in [4.69, 9.17) is 4.42 Å². The minimum absolute atomic E-state index is 0.673. The molecule has 12 aromatic carbocycles. The Morgan fingerprint density at radius 3 is 1.54 bits per heavy atom. The molecule has 0 bridgehead atoms. The highest BCUT2D eigenvalue weighted by Gasteiger charge is 2.50. The molecule has 0 saturated carbocycles. The molecule has 2 heterocycles. The van der Waals surface area contributed by atoms with Crippen molar-refractivity contribution >= 4 is 56.1 Å². The van der Waals surface area contributed by atoms with Gasteiger partial charge in [0.25, 0.3) is 0 Å². The third-order valence-electron chi connectivity index (χ3n) is 16.4. The van der Waals surface area contributed by atoms with Gasteiger partial charge >= 0.3 is 0 Å². The average Bonchev–Trinajstić information content (AvgIpc) is 4.19. The zero-order valence-corrected chi connectivity index (χ0v) is 41.4. The summed E-state index contributed by atoms with van der Waals surface area (Å²) in [5.74, 6) is 0. The molecule has 2 aliphatic carbocycles. The van der Waals surface area contributed by atoms with Crippen LogP contribution in [-0.2, 0) is 5.41 Å². The maximum atomic E-state index is 6.64. The molecule has 1 atom stereocenters. The first-order chi connectivity index (χ1) is 37.7. The monoisotopic (exact) mass is 966 g/mol. The number of fused-ring (bicyclic) bond motifs is 21. The van der Waals surface area contributed by atoms with Crippen molar-refractivity contribution in [3.8, 4) is 66.8 Å². The average molecular weight is 967 g/mol. The predicted octanol–water partition coefficient (Wildman–Crippen LogP) is 19.9. The molecule has 0 saturated heterocycles. The van der Waals surface area contributed by atoms with Gasteiger partial charge in [0.2, 0.25) is 0 Å². The van der Waals surface area contributed by atoms with Crippen LogP contribution in [0.1, 0.15) is 22.3 Å². The fraction of sp³-hybridized carbons (Fsp3) is 0.0137. The fourth-order valence-electron chi connectivity index (χ4n) is 13.3. The third kappa shape index (κ3) is 6.05. The van der Waals surface area contributed by atoms with Crippen molar-refractivity contribution in [3.63, 3.8) is 0 Å². The van der Waals surface area contributed by atoms with Crippen molar-refractivity contribution in [1.29, 1.82) is 0 Å². The first kappa shape index (κ1) is 42.5. The topological polar surface area (TPSA) is 19.6 Å². The standard InChI is InChI=1S/C73H46N2O/c1-3-19-47(20-4-1)48-35-37-50(38-36-48)74(52-40-43-68-62(46-52)56-26-10-8-24-54(56)58-28-13-17-33-67(58)75(68)49-21-5-2-6-22-49)51-39-41-65-61(45-51)55-25-9-7-23-53(55)57-27-11-15-31-63(57)73(65)64-32-16-12-29-59(64)71-66(73)42-44-70-72(71)60-30-14-18-34-69(60)76-70/h1-46H. The minimum Gasteiger partial charge on any atom is -0.456 e. The van der Waals surface area contributed by atoms with Crippen LogP contribution >= 0.6 is 0 Å². The quantitative estimate of drug-likeness (QED) is 0.171. The van der Waals surface area contributed by atoms with Gasteiger partial charge in [-0.25, -0.2) is 0 Å². The minimum atomic E-state index is -0.673. The third-order valence-corrected chi connectivity index (χ3v) is 16.4. The van der Waals surface area contributed by atoms with Crippen molar-refractivity contribution in [1.82, 2.24) is 0 Å². The van der Waals surface area contributed by atoms with Crippen molar-refractivity contribution in [2.24, 2.45) is 0 Å². The second-order valence-electron chi connectivity index (χ2n) is 20.3. The van der Waals surface area contributed by atoms with E-state index in [0.717, 1.165) is 56.2 Å². The summed E-state index contributed by atoms with van der Waals surface area (Å²) in [6.07, 6.45) is 0. The molecule has 0 amide bonds. The number of hydrogen-bond donors (Lipinski definition) is 0. The first-order valence-corrected chi connectivity index (χ1v) is 26.2. The highest BCUT2D eigenvalue weighted by Crippen LogP contribution is 2.64. The highest BCUT2D eigenvalue weighted by molar-refractivity contribution is 6.16. The van der Waals surface area contributed by atoms with Gasteiger partial charge in [0.1, 0.15) is 11.2 Å². The molecule has 3 heteroatoms. The number of furan rings is 1. The second-order valence-corrected chi connectivity index (χ2v) is 20.3. The van der Waals surface area contributed by atoms with E-state index in [1.807, 2.05) is 0 Å². The SMILES string of the molecule is c1ccc(-c2ccc(N(c3ccc4c(c3)-c3ccccc3-c3ccccc3N4c3ccccc3)c3ccc4c(c3)-c3ccccc3-c3ccccc3C43c4ccccc4-c4c3ccc3oc5ccccc5c43)cc2)cc1. The smallest absolute Gasteiger partial charge is 0.136 e. The maximum Gasteiger partial charge on any atom is 0.136 e. The van der Waals surface area contributed by atoms with Gasteiger partial charge in [-0.3, -0.25) is 0 Å². The van der Waals surface area contributed by atoms with Crippen molar-refractivity contribution in [2.75, 3.05) is 9.80 Å². The number of rotatable bonds is 5. The van der Waals surface area contributed by atoms with E-state index in [2.05, 4.69) is 289 Å². The van der Waals surface area contributed by atoms with E-state index >= 15 is 0 Å². The number of para-hydroxylation sites is 3. The normalized spacial score (nSPS) is 14.3. The lowest BCUT2D eigenvalue weighted by atomic mass is 9.66. The zero-order chi connectivity index (χ0) is 49.9. The van der Waals surface area contributed by atoms with Crippen LogP contribution < -0.4 is 9.80 Å². The van der Waals surface area contributed by atoms with Crippen LogP contribution in [0.3, 0.4) is 0 Å². The molecule has 1 aromatic heterocycles. The van der Waals surface area contributed by atoms with Crippen LogP contribution in [0.15, 0.2) is 283 Å². The molecule has 354 valence electrons. The zero-order valence-electron chi connectivity index (χ0n) is 41.4. The van der Waals surface area contributed by atoms with Crippen LogP contribution in [-0.4, -0.2) is 0 Å². The summed E-state index contributed by atoms with van der Waals surface area (Å²) in [4.78, 5) is 4.90. The lowest BCUT2D eigenvalue weighted by Gasteiger charge is -2.36. The van der Waals surface area contributed by atoms with E-state index in [0.29, 0.717) is 0 Å². The Morgan fingerprint density at radius 1 is 0.303 bits per heavy atom. The summed E-state index contributed by atoms with van der Waals surface area (Å²) in [5.41, 5.74) is 27.2. The molecule has 1 unspecified atom stereocenters. The van der Waals surface area contributed by atoms with Gasteiger partial charge in [0, 0.05) is 44.6 Å². The van der Waals surface area contributed by atoms with Gasteiger partial charge in [-0.2, -0.15) is 0 Å². The molecule has 16 rings (SSSR count). The molecule has 0 fully saturated rings. The summed E-state index contributed by atoms with van der Waals surface area (Å²) in [5, 5.41) is 2.30. The number of benzene rings is 12. The largest absolute Gasteiger partial charge is 0.456 e. The molecular weight excluding hydrogens is 921 g/mol. The van der Waals surface area contributed by atoms with E-state index in [9.17, 15) is 0 Å². The molecular formula is C73H46N2O. The molecule has 1 aliphatic heterocycles. The van der Waals surface area contributed by atoms with Crippen molar-refractivity contribution in [3.05, 3.63) is 301 Å². The van der Waals surface area contributed by atoms with Gasteiger partial charge in [-0.1, -0.05) is 206 Å². The highest BCUT2D eigenvalue weighted by atomic mass is 16.3. The Morgan fingerprint density at radius 2 is 0.789 bits per heavy atom. The second kappa shape index (κ2) is 16.5. The van der Waals surface area contributed by atoms with E-state index in [-0.39, 0.29) is 0 Å². The fourth-order valence-corrected chi connectivity index (χ4v) is 13.3. The van der Waals surface area contributed by atoms with E-state index in [1.54, 1.807) is 0 Å². The molecule has 0 radical (unpaired) electrons. The summed E-state index contributed by atoms with van der Waals surface area (Å²) >= 11 is 0. The Bertz CT molecular complexity index is 4480. The summed E-state index contributed by atoms with van der Waals surface area (Å²) < 4.78 is 6.64. The lowest BCUT2D eigenvalue weighted by Crippen LogP contribution is -2.29. The summed E-state index contributed by atoms with van der Waals surface area (Å²) in [6, 6.07) is 103. The number of hydrogen-bond acceptors (Lipinski definition) is 3. The Hall–Kier alpha value is -9.96. The van der Waals surface area contributed by atoms with Crippen LogP contribution in [0.25, 0.3) is 88.7 Å². The molecule has 13 aromatic rings. The Kier molecular flexibility index (Phi) is 9.25. The van der Waals surface area contributed by atoms with E-state index < -0.39 is 5.41 Å². The number of nitrogens with zero attached hydrogens (tertiary/aromatic N) is 2. The number of anilines is 6. The van der Waals surface area contributed by atoms with Gasteiger partial charge in [-0.05, 0) is 151 Å². The van der Waals surface area contributed by atoms with Crippen molar-refractivity contribution in [2.45, 2.75) is 5.41 Å². The van der Waals surface area contributed by atoms with Gasteiger partial charge < -0.3 is 14.2 Å². The Labute approximate surface area is 441 Å². The van der Waals surface area contributed by atoms with Gasteiger partial charge in [0.05, 0.1) is 16.8 Å². The lowest BCUT2D eigenvalue weighted by molar-refractivity contribution is 0.668. The summed E-state index contributed by atoms with van der Waals surface area (Å²) in [6.45, 7) is 0. The summed E-state index contributed by atoms with van der Waals surface area (Å²) in [7, 11) is 0. The van der Waals surface area contributed by atoms with Crippen LogP contribution in [0.5, 0.6) is 0 Å². The molecule has 76 heavy (non-hydrogen) atoms. The molecule has 3 aliphatic rings.